The van der Waals surface area contributed by atoms with E-state index < -0.39 is 0 Å². The maximum Gasteiger partial charge on any atom is 0.0352 e. The van der Waals surface area contributed by atoms with E-state index in [9.17, 15) is 0 Å². The molecule has 1 aliphatic heterocycles. The maximum atomic E-state index is 6.25. The predicted molar refractivity (Wildman–Crippen MR) is 57.3 cm³/mol. The molecule has 0 atom stereocenters. The fourth-order valence-electron chi connectivity index (χ4n) is 2.68. The van der Waals surface area contributed by atoms with Gasteiger partial charge in [-0.15, -0.1) is 0 Å². The molecule has 0 radical (unpaired) electrons. The van der Waals surface area contributed by atoms with Gasteiger partial charge in [0.1, 0.15) is 0 Å². The molecule has 0 saturated carbocycles. The van der Waals surface area contributed by atoms with Gasteiger partial charge in [-0.05, 0) is 46.0 Å². The molecule has 1 saturated heterocycles. The van der Waals surface area contributed by atoms with Crippen molar-refractivity contribution in [2.75, 3.05) is 0 Å². The van der Waals surface area contributed by atoms with Crippen LogP contribution >= 0.6 is 0 Å². The first kappa shape index (κ1) is 11.0. The highest BCUT2D eigenvalue weighted by atomic mass is 15.5. The molecule has 0 amide bonds. The van der Waals surface area contributed by atoms with Gasteiger partial charge in [0, 0.05) is 11.1 Å². The van der Waals surface area contributed by atoms with E-state index in [1.54, 1.807) is 0 Å². The van der Waals surface area contributed by atoms with Crippen molar-refractivity contribution in [2.24, 2.45) is 5.84 Å². The Balaban J connectivity index is 2.85. The first-order valence-electron chi connectivity index (χ1n) is 5.53. The molecular weight excluding hydrogens is 160 g/mol. The van der Waals surface area contributed by atoms with Gasteiger partial charge in [-0.1, -0.05) is 13.8 Å². The number of nitrogens with two attached hydrogens (primary N) is 1. The lowest BCUT2D eigenvalue weighted by molar-refractivity contribution is -0.0536. The monoisotopic (exact) mass is 184 g/mol. The molecule has 0 aromatic heterocycles. The minimum absolute atomic E-state index is 0.185. The molecule has 1 fully saturated rings. The lowest BCUT2D eigenvalue weighted by Crippen LogP contribution is -2.64. The molecule has 13 heavy (non-hydrogen) atoms. The Kier molecular flexibility index (Phi) is 3.03. The van der Waals surface area contributed by atoms with Gasteiger partial charge in [0.05, 0.1) is 0 Å². The van der Waals surface area contributed by atoms with Crippen LogP contribution in [0.1, 0.15) is 59.8 Å². The molecule has 0 bridgehead atoms. The summed E-state index contributed by atoms with van der Waals surface area (Å²) < 4.78 is 0. The van der Waals surface area contributed by atoms with Crippen LogP contribution in [0.2, 0.25) is 0 Å². The largest absolute Gasteiger partial charge is 0.268 e. The molecule has 1 heterocycles. The number of hydrogen-bond donors (Lipinski definition) is 1. The Morgan fingerprint density at radius 1 is 1.15 bits per heavy atom. The maximum absolute atomic E-state index is 6.25. The normalized spacial score (nSPS) is 27.5. The van der Waals surface area contributed by atoms with E-state index in [0.29, 0.717) is 0 Å². The first-order chi connectivity index (χ1) is 5.98. The number of piperidine rings is 1. The predicted octanol–water partition coefficient (Wildman–Crippen LogP) is 2.68. The van der Waals surface area contributed by atoms with Gasteiger partial charge in [-0.2, -0.15) is 0 Å². The average Bonchev–Trinajstić information content (AvgIpc) is 2.10. The Bertz CT molecular complexity index is 171. The van der Waals surface area contributed by atoms with Crippen LogP contribution in [-0.2, 0) is 0 Å². The molecule has 0 spiro atoms. The van der Waals surface area contributed by atoms with Crippen molar-refractivity contribution >= 4 is 0 Å². The minimum Gasteiger partial charge on any atom is -0.268 e. The molecule has 2 N–H and O–H groups in total. The molecule has 2 nitrogen and oxygen atoms in total. The second-order valence-electron chi connectivity index (χ2n) is 4.97. The number of hydrogen-bond acceptors (Lipinski definition) is 2. The lowest BCUT2D eigenvalue weighted by atomic mass is 9.76. The second-order valence-corrected chi connectivity index (χ2v) is 4.97. The van der Waals surface area contributed by atoms with Gasteiger partial charge in [-0.25, -0.2) is 5.01 Å². The summed E-state index contributed by atoms with van der Waals surface area (Å²) in [6.45, 7) is 9.02. The zero-order chi connectivity index (χ0) is 10.1. The number of nitrogens with zero attached hydrogens (tertiary/aromatic N) is 1. The van der Waals surface area contributed by atoms with Crippen LogP contribution in [0.4, 0.5) is 0 Å². The van der Waals surface area contributed by atoms with Crippen LogP contribution in [-0.4, -0.2) is 16.1 Å². The van der Waals surface area contributed by atoms with Crippen molar-refractivity contribution in [2.45, 2.75) is 70.9 Å². The van der Waals surface area contributed by atoms with E-state index >= 15 is 0 Å². The van der Waals surface area contributed by atoms with Crippen molar-refractivity contribution in [3.8, 4) is 0 Å². The summed E-state index contributed by atoms with van der Waals surface area (Å²) in [5.74, 6) is 6.25. The van der Waals surface area contributed by atoms with Crippen LogP contribution in [0.25, 0.3) is 0 Å². The Labute approximate surface area is 82.5 Å². The summed E-state index contributed by atoms with van der Waals surface area (Å²) >= 11 is 0. The van der Waals surface area contributed by atoms with E-state index in [0.717, 1.165) is 0 Å². The third-order valence-corrected chi connectivity index (χ3v) is 3.91. The fourth-order valence-corrected chi connectivity index (χ4v) is 2.68. The summed E-state index contributed by atoms with van der Waals surface area (Å²) in [6.07, 6.45) is 6.15. The van der Waals surface area contributed by atoms with E-state index in [2.05, 4.69) is 32.7 Å². The van der Waals surface area contributed by atoms with Crippen molar-refractivity contribution in [1.82, 2.24) is 5.01 Å². The molecule has 1 rings (SSSR count). The van der Waals surface area contributed by atoms with Crippen LogP contribution < -0.4 is 5.84 Å². The van der Waals surface area contributed by atoms with Crippen molar-refractivity contribution in [3.05, 3.63) is 0 Å². The van der Waals surface area contributed by atoms with Crippen LogP contribution in [0, 0.1) is 0 Å². The Morgan fingerprint density at radius 3 is 2.08 bits per heavy atom. The van der Waals surface area contributed by atoms with Gasteiger partial charge in [0.25, 0.3) is 0 Å². The standard InChI is InChI=1S/C11H24N2/c1-5-11(6-2)9-7-8-10(3,4)13(11)12/h5-9,12H2,1-4H3. The fraction of sp³-hybridized carbons (Fsp3) is 1.00. The summed E-state index contributed by atoms with van der Waals surface area (Å²) in [6, 6.07) is 0. The highest BCUT2D eigenvalue weighted by molar-refractivity contribution is 4.97. The molecule has 0 aromatic carbocycles. The Morgan fingerprint density at radius 2 is 1.69 bits per heavy atom. The summed E-state index contributed by atoms with van der Waals surface area (Å²) in [5, 5.41) is 2.13. The third-order valence-electron chi connectivity index (χ3n) is 3.91. The lowest BCUT2D eigenvalue weighted by Gasteiger charge is -2.53. The highest BCUT2D eigenvalue weighted by Crippen LogP contribution is 2.39. The molecule has 78 valence electrons. The second kappa shape index (κ2) is 3.58. The van der Waals surface area contributed by atoms with Crippen molar-refractivity contribution in [1.29, 1.82) is 0 Å². The highest BCUT2D eigenvalue weighted by Gasteiger charge is 2.43. The average molecular weight is 184 g/mol. The van der Waals surface area contributed by atoms with E-state index in [1.165, 1.54) is 32.1 Å². The van der Waals surface area contributed by atoms with E-state index in [4.69, 9.17) is 5.84 Å². The van der Waals surface area contributed by atoms with Gasteiger partial charge >= 0.3 is 0 Å². The molecule has 2 heteroatoms. The van der Waals surface area contributed by atoms with Crippen molar-refractivity contribution < 1.29 is 0 Å². The molecule has 0 aromatic rings. The summed E-state index contributed by atoms with van der Waals surface area (Å²) in [4.78, 5) is 0. The smallest absolute Gasteiger partial charge is 0.0352 e. The van der Waals surface area contributed by atoms with Crippen LogP contribution in [0.15, 0.2) is 0 Å². The van der Waals surface area contributed by atoms with E-state index in [1.807, 2.05) is 0 Å². The first-order valence-corrected chi connectivity index (χ1v) is 5.53. The molecule has 0 aliphatic carbocycles. The van der Waals surface area contributed by atoms with Crippen molar-refractivity contribution in [3.63, 3.8) is 0 Å². The molecule has 0 unspecified atom stereocenters. The summed E-state index contributed by atoms with van der Waals surface area (Å²) in [5.41, 5.74) is 0.450. The minimum atomic E-state index is 0.185. The third kappa shape index (κ3) is 1.75. The zero-order valence-corrected chi connectivity index (χ0v) is 9.56. The molecule has 1 aliphatic rings. The van der Waals surface area contributed by atoms with Gasteiger partial charge in [0.2, 0.25) is 0 Å². The van der Waals surface area contributed by atoms with E-state index in [-0.39, 0.29) is 11.1 Å². The zero-order valence-electron chi connectivity index (χ0n) is 9.56. The van der Waals surface area contributed by atoms with Gasteiger partial charge in [0.15, 0.2) is 0 Å². The van der Waals surface area contributed by atoms with Crippen LogP contribution in [0.3, 0.4) is 0 Å². The number of hydrazine groups is 1. The SMILES string of the molecule is CCC1(CC)CCCC(C)(C)N1N. The van der Waals surface area contributed by atoms with Gasteiger partial charge < -0.3 is 0 Å². The quantitative estimate of drug-likeness (QED) is 0.669. The number of rotatable bonds is 2. The van der Waals surface area contributed by atoms with Gasteiger partial charge in [-0.3, -0.25) is 5.84 Å². The van der Waals surface area contributed by atoms with Crippen LogP contribution in [0.5, 0.6) is 0 Å². The molecular formula is C11H24N2. The topological polar surface area (TPSA) is 29.3 Å². The Hall–Kier alpha value is -0.0800. The summed E-state index contributed by atoms with van der Waals surface area (Å²) in [7, 11) is 0.